The minimum absolute atomic E-state index is 0.279. The van der Waals surface area contributed by atoms with Crippen LogP contribution < -0.4 is 4.31 Å². The summed E-state index contributed by atoms with van der Waals surface area (Å²) < 4.78 is 28.8. The molecule has 1 heterocycles. The highest BCUT2D eigenvalue weighted by atomic mass is 32.2. The van der Waals surface area contributed by atoms with Gasteiger partial charge < -0.3 is 0 Å². The molecule has 0 N–H and O–H groups in total. The van der Waals surface area contributed by atoms with Crippen molar-refractivity contribution in [2.24, 2.45) is 0 Å². The Labute approximate surface area is 167 Å². The molecule has 28 heavy (non-hydrogen) atoms. The Hall–Kier alpha value is -2.85. The number of hydrogen-bond donors (Lipinski definition) is 0. The van der Waals surface area contributed by atoms with Gasteiger partial charge in [0.1, 0.15) is 0 Å². The van der Waals surface area contributed by atoms with Crippen LogP contribution in [0.5, 0.6) is 0 Å². The van der Waals surface area contributed by atoms with Gasteiger partial charge in [0.25, 0.3) is 10.0 Å². The van der Waals surface area contributed by atoms with E-state index in [1.54, 1.807) is 12.1 Å². The zero-order chi connectivity index (χ0) is 19.9. The molecular formula is C24H23NO2S. The second-order valence-corrected chi connectivity index (χ2v) is 9.26. The molecule has 0 amide bonds. The maximum absolute atomic E-state index is 13.6. The largest absolute Gasteiger partial charge is 0.264 e. The van der Waals surface area contributed by atoms with E-state index >= 15 is 0 Å². The Bertz CT molecular complexity index is 1160. The molecule has 1 aliphatic rings. The highest BCUT2D eigenvalue weighted by Gasteiger charge is 2.29. The lowest BCUT2D eigenvalue weighted by molar-refractivity contribution is 0.590. The second kappa shape index (κ2) is 6.95. The third kappa shape index (κ3) is 3.25. The van der Waals surface area contributed by atoms with Crippen molar-refractivity contribution >= 4 is 21.3 Å². The fourth-order valence-corrected chi connectivity index (χ4v) is 5.20. The van der Waals surface area contributed by atoms with E-state index < -0.39 is 10.0 Å². The van der Waals surface area contributed by atoms with Crippen molar-refractivity contribution in [3.05, 3.63) is 101 Å². The molecule has 4 heteroatoms. The van der Waals surface area contributed by atoms with E-state index in [1.807, 2.05) is 62.4 Å². The summed E-state index contributed by atoms with van der Waals surface area (Å²) >= 11 is 0. The van der Waals surface area contributed by atoms with Crippen LogP contribution in [0.1, 0.15) is 27.8 Å². The molecule has 0 atom stereocenters. The van der Waals surface area contributed by atoms with E-state index in [4.69, 9.17) is 0 Å². The van der Waals surface area contributed by atoms with E-state index in [9.17, 15) is 8.42 Å². The molecule has 0 aliphatic carbocycles. The number of rotatable bonds is 2. The lowest BCUT2D eigenvalue weighted by Crippen LogP contribution is -2.32. The summed E-state index contributed by atoms with van der Waals surface area (Å²) in [5.41, 5.74) is 6.84. The standard InChI is InChI=1S/C24H23NO2S/c1-17-8-11-22(12-9-17)28(26,27)25-16-20-6-4-5-7-23(20)19(3)15-21-14-18(2)10-13-24(21)25/h4-14H,3,15-16H2,1-2H3. The van der Waals surface area contributed by atoms with E-state index in [1.165, 1.54) is 4.31 Å². The summed E-state index contributed by atoms with van der Waals surface area (Å²) in [5, 5.41) is 0. The maximum Gasteiger partial charge on any atom is 0.264 e. The number of anilines is 1. The van der Waals surface area contributed by atoms with Crippen LogP contribution in [0.4, 0.5) is 5.69 Å². The third-order valence-electron chi connectivity index (χ3n) is 5.23. The molecule has 0 saturated heterocycles. The first-order valence-electron chi connectivity index (χ1n) is 9.31. The predicted octanol–water partition coefficient (Wildman–Crippen LogP) is 5.27. The fourth-order valence-electron chi connectivity index (χ4n) is 3.72. The van der Waals surface area contributed by atoms with Crippen LogP contribution in [0.25, 0.3) is 5.57 Å². The molecule has 0 bridgehead atoms. The predicted molar refractivity (Wildman–Crippen MR) is 115 cm³/mol. The average molecular weight is 390 g/mol. The van der Waals surface area contributed by atoms with Crippen molar-refractivity contribution in [1.29, 1.82) is 0 Å². The van der Waals surface area contributed by atoms with E-state index in [2.05, 4.69) is 12.6 Å². The van der Waals surface area contributed by atoms with Gasteiger partial charge in [-0.15, -0.1) is 0 Å². The van der Waals surface area contributed by atoms with Crippen molar-refractivity contribution in [3.8, 4) is 0 Å². The van der Waals surface area contributed by atoms with Gasteiger partial charge in [-0.2, -0.15) is 0 Å². The Balaban J connectivity index is 1.93. The molecule has 0 fully saturated rings. The summed E-state index contributed by atoms with van der Waals surface area (Å²) in [4.78, 5) is 0.307. The van der Waals surface area contributed by atoms with Crippen LogP contribution in [0, 0.1) is 13.8 Å². The summed E-state index contributed by atoms with van der Waals surface area (Å²) in [6.07, 6.45) is 0.619. The topological polar surface area (TPSA) is 37.4 Å². The van der Waals surface area contributed by atoms with Crippen LogP contribution >= 0.6 is 0 Å². The van der Waals surface area contributed by atoms with E-state index in [0.717, 1.165) is 39.1 Å². The molecule has 0 radical (unpaired) electrons. The van der Waals surface area contributed by atoms with Gasteiger partial charge in [0.15, 0.2) is 0 Å². The first-order chi connectivity index (χ1) is 13.4. The number of nitrogens with zero attached hydrogens (tertiary/aromatic N) is 1. The van der Waals surface area contributed by atoms with Crippen LogP contribution in [0.15, 0.2) is 78.2 Å². The van der Waals surface area contributed by atoms with Crippen molar-refractivity contribution in [1.82, 2.24) is 0 Å². The van der Waals surface area contributed by atoms with E-state index in [0.29, 0.717) is 11.3 Å². The first kappa shape index (κ1) is 18.5. The SMILES string of the molecule is C=C1Cc2cc(C)ccc2N(S(=O)(=O)c2ccc(C)cc2)Cc2ccccc21. The summed E-state index contributed by atoms with van der Waals surface area (Å²) in [6, 6.07) is 20.9. The van der Waals surface area contributed by atoms with Gasteiger partial charge in [-0.3, -0.25) is 4.31 Å². The van der Waals surface area contributed by atoms with Gasteiger partial charge >= 0.3 is 0 Å². The van der Waals surface area contributed by atoms with Gasteiger partial charge in [0.05, 0.1) is 17.1 Å². The molecule has 1 aliphatic heterocycles. The number of fused-ring (bicyclic) bond motifs is 2. The van der Waals surface area contributed by atoms with Crippen LogP contribution in [0.2, 0.25) is 0 Å². The number of allylic oxidation sites excluding steroid dienone is 1. The van der Waals surface area contributed by atoms with Gasteiger partial charge in [0, 0.05) is 0 Å². The number of aryl methyl sites for hydroxylation is 2. The number of hydrogen-bond acceptors (Lipinski definition) is 2. The van der Waals surface area contributed by atoms with Gasteiger partial charge in [-0.25, -0.2) is 8.42 Å². The minimum Gasteiger partial charge on any atom is -0.262 e. The van der Waals surface area contributed by atoms with Crippen LogP contribution in [-0.2, 0) is 23.0 Å². The summed E-state index contributed by atoms with van der Waals surface area (Å²) in [5.74, 6) is 0. The minimum atomic E-state index is -3.70. The molecule has 0 aromatic heterocycles. The molecule has 0 saturated carbocycles. The Kier molecular flexibility index (Phi) is 4.60. The lowest BCUT2D eigenvalue weighted by atomic mass is 9.92. The molecule has 0 unspecified atom stereocenters. The quantitative estimate of drug-likeness (QED) is 0.599. The van der Waals surface area contributed by atoms with Gasteiger partial charge in [0.2, 0.25) is 0 Å². The first-order valence-corrected chi connectivity index (χ1v) is 10.8. The molecular weight excluding hydrogens is 366 g/mol. The fraction of sp³-hybridized carbons (Fsp3) is 0.167. The van der Waals surface area contributed by atoms with E-state index in [-0.39, 0.29) is 6.54 Å². The smallest absolute Gasteiger partial charge is 0.262 e. The highest BCUT2D eigenvalue weighted by molar-refractivity contribution is 7.92. The van der Waals surface area contributed by atoms with Gasteiger partial charge in [-0.1, -0.05) is 66.2 Å². The molecule has 4 rings (SSSR count). The van der Waals surface area contributed by atoms with Crippen molar-refractivity contribution in [2.75, 3.05) is 4.31 Å². The van der Waals surface area contributed by atoms with Crippen LogP contribution in [-0.4, -0.2) is 8.42 Å². The summed E-state index contributed by atoms with van der Waals surface area (Å²) in [7, 11) is -3.70. The highest BCUT2D eigenvalue weighted by Crippen LogP contribution is 2.36. The zero-order valence-corrected chi connectivity index (χ0v) is 17.0. The Morgan fingerprint density at radius 3 is 2.29 bits per heavy atom. The summed E-state index contributed by atoms with van der Waals surface area (Å²) in [6.45, 7) is 8.53. The number of sulfonamides is 1. The molecule has 0 spiro atoms. The zero-order valence-electron chi connectivity index (χ0n) is 16.1. The molecule has 3 aromatic carbocycles. The van der Waals surface area contributed by atoms with Crippen LogP contribution in [0.3, 0.4) is 0 Å². The second-order valence-electron chi connectivity index (χ2n) is 7.39. The van der Waals surface area contributed by atoms with Crippen molar-refractivity contribution in [3.63, 3.8) is 0 Å². The number of benzene rings is 3. The Morgan fingerprint density at radius 2 is 1.54 bits per heavy atom. The van der Waals surface area contributed by atoms with Crippen molar-refractivity contribution < 1.29 is 8.42 Å². The van der Waals surface area contributed by atoms with Crippen molar-refractivity contribution in [2.45, 2.75) is 31.7 Å². The average Bonchev–Trinajstić information content (AvgIpc) is 2.66. The molecule has 3 nitrogen and oxygen atoms in total. The van der Waals surface area contributed by atoms with Gasteiger partial charge in [-0.05, 0) is 60.7 Å². The molecule has 3 aromatic rings. The molecule has 142 valence electrons. The monoisotopic (exact) mass is 389 g/mol. The normalized spacial score (nSPS) is 14.1. The maximum atomic E-state index is 13.6. The third-order valence-corrected chi connectivity index (χ3v) is 7.00. The Morgan fingerprint density at radius 1 is 0.857 bits per heavy atom. The lowest BCUT2D eigenvalue weighted by Gasteiger charge is -2.30.